The first-order valence-electron chi connectivity index (χ1n) is 29.0. The molecule has 0 spiro atoms. The Labute approximate surface area is 489 Å². The van der Waals surface area contributed by atoms with E-state index in [1.165, 1.54) is 82.3 Å². The van der Waals surface area contributed by atoms with Crippen LogP contribution < -0.4 is 9.80 Å². The van der Waals surface area contributed by atoms with E-state index < -0.39 is 5.41 Å². The molecule has 3 nitrogen and oxygen atoms in total. The molecule has 394 valence electrons. The molecule has 0 fully saturated rings. The highest BCUT2D eigenvalue weighted by molar-refractivity contribution is 6.21. The van der Waals surface area contributed by atoms with E-state index in [1.807, 2.05) is 0 Å². The highest BCUT2D eigenvalue weighted by Gasteiger charge is 2.46. The Hall–Kier alpha value is -11.0. The van der Waals surface area contributed by atoms with Gasteiger partial charge in [0.15, 0.2) is 0 Å². The van der Waals surface area contributed by atoms with Crippen molar-refractivity contribution in [1.82, 2.24) is 4.57 Å². The van der Waals surface area contributed by atoms with Gasteiger partial charge in [-0.3, -0.25) is 0 Å². The van der Waals surface area contributed by atoms with Crippen LogP contribution in [0, 0.1) is 0 Å². The van der Waals surface area contributed by atoms with E-state index in [0.717, 1.165) is 56.5 Å². The molecule has 1 aromatic heterocycles. The number of rotatable bonds is 11. The largest absolute Gasteiger partial charge is 0.310 e. The number of hydrogen-bond acceptors (Lipinski definition) is 2. The fraction of sp³-hybridized carbons (Fsp3) is 0.0123. The summed E-state index contributed by atoms with van der Waals surface area (Å²) in [5, 5.41) is 7.30. The Bertz CT molecular complexity index is 4900. The summed E-state index contributed by atoms with van der Waals surface area (Å²) in [6.07, 6.45) is 0. The van der Waals surface area contributed by atoms with Gasteiger partial charge in [0.2, 0.25) is 0 Å². The molecule has 3 heteroatoms. The first kappa shape index (κ1) is 48.9. The van der Waals surface area contributed by atoms with Gasteiger partial charge in [0.05, 0.1) is 16.4 Å². The van der Waals surface area contributed by atoms with Crippen LogP contribution in [0.15, 0.2) is 334 Å². The Morgan fingerprint density at radius 2 is 0.762 bits per heavy atom. The Morgan fingerprint density at radius 1 is 0.250 bits per heavy atom. The lowest BCUT2D eigenvalue weighted by atomic mass is 9.67. The van der Waals surface area contributed by atoms with Gasteiger partial charge in [0, 0.05) is 50.6 Å². The molecular formula is C81H55N3. The molecule has 15 aromatic rings. The van der Waals surface area contributed by atoms with Crippen LogP contribution in [-0.4, -0.2) is 4.57 Å². The van der Waals surface area contributed by atoms with E-state index >= 15 is 0 Å². The maximum atomic E-state index is 2.50. The summed E-state index contributed by atoms with van der Waals surface area (Å²) in [7, 11) is 0. The van der Waals surface area contributed by atoms with Crippen LogP contribution in [0.25, 0.3) is 82.4 Å². The number of benzene rings is 14. The van der Waals surface area contributed by atoms with Crippen LogP contribution in [0.5, 0.6) is 0 Å². The summed E-state index contributed by atoms with van der Waals surface area (Å²) in [6, 6.07) is 123. The van der Waals surface area contributed by atoms with Crippen molar-refractivity contribution in [2.45, 2.75) is 5.41 Å². The molecule has 0 N–H and O–H groups in total. The van der Waals surface area contributed by atoms with Crippen molar-refractivity contribution in [3.8, 4) is 39.1 Å². The number of hydrogen-bond donors (Lipinski definition) is 0. The Kier molecular flexibility index (Phi) is 11.8. The molecule has 0 saturated heterocycles. The van der Waals surface area contributed by atoms with E-state index in [9.17, 15) is 0 Å². The quantitative estimate of drug-likeness (QED) is 0.128. The summed E-state index contributed by atoms with van der Waals surface area (Å²) in [4.78, 5) is 4.91. The fourth-order valence-corrected chi connectivity index (χ4v) is 13.6. The van der Waals surface area contributed by atoms with Crippen LogP contribution >= 0.6 is 0 Å². The third-order valence-corrected chi connectivity index (χ3v) is 17.4. The van der Waals surface area contributed by atoms with Gasteiger partial charge >= 0.3 is 0 Å². The Morgan fingerprint density at radius 3 is 1.49 bits per heavy atom. The van der Waals surface area contributed by atoms with E-state index in [1.54, 1.807) is 0 Å². The monoisotopic (exact) mass is 1070 g/mol. The summed E-state index contributed by atoms with van der Waals surface area (Å²) in [6.45, 7) is 0. The molecule has 1 heterocycles. The van der Waals surface area contributed by atoms with Crippen LogP contribution in [0.2, 0.25) is 0 Å². The van der Waals surface area contributed by atoms with Crippen LogP contribution in [0.1, 0.15) is 22.3 Å². The van der Waals surface area contributed by atoms with Crippen LogP contribution in [-0.2, 0) is 5.41 Å². The minimum Gasteiger partial charge on any atom is -0.310 e. The van der Waals surface area contributed by atoms with Gasteiger partial charge in [0.25, 0.3) is 0 Å². The van der Waals surface area contributed by atoms with Gasteiger partial charge in [-0.25, -0.2) is 0 Å². The molecule has 0 saturated carbocycles. The standard InChI is InChI=1S/C81H55N3/c1-6-22-56(23-7-1)58-38-43-67(44-39-58)82(65-31-12-4-13-32-65)70-51-62(61-41-47-75-79(53-61)84(66-33-14-5-15-34-66)78-49-42-59-25-18-19-35-72(59)80(75)78)52-71(54-70)83(68-45-40-57-24-16-17-26-60(57)50-68)69-46-48-74-73-36-20-21-37-76(73)81(77(74)55-69,63-27-8-2-9-28-63)64-29-10-3-11-30-64/h1-55H. The first-order chi connectivity index (χ1) is 41.7. The number of aromatic nitrogens is 1. The average molecular weight is 1070 g/mol. The molecule has 1 aliphatic carbocycles. The summed E-state index contributed by atoms with van der Waals surface area (Å²) < 4.78 is 2.45. The Balaban J connectivity index is 0.982. The van der Waals surface area contributed by atoms with Crippen molar-refractivity contribution in [1.29, 1.82) is 0 Å². The highest BCUT2D eigenvalue weighted by atomic mass is 15.2. The topological polar surface area (TPSA) is 11.4 Å². The third-order valence-electron chi connectivity index (χ3n) is 17.4. The van der Waals surface area contributed by atoms with Gasteiger partial charge in [0.1, 0.15) is 0 Å². The zero-order valence-electron chi connectivity index (χ0n) is 46.1. The zero-order chi connectivity index (χ0) is 55.6. The predicted octanol–water partition coefficient (Wildman–Crippen LogP) is 21.7. The SMILES string of the molecule is c1ccc(-c2ccc(N(c3ccccc3)c3cc(-c4ccc5c6c7ccccc7ccc6n(-c6ccccc6)c5c4)cc(N(c4ccc5c(c4)C(c4ccccc4)(c4ccccc4)c4ccccc4-5)c4ccc5ccccc5c4)c3)cc2)cc1. The van der Waals surface area contributed by atoms with Crippen LogP contribution in [0.4, 0.5) is 34.1 Å². The number of anilines is 6. The van der Waals surface area contributed by atoms with E-state index in [-0.39, 0.29) is 0 Å². The minimum absolute atomic E-state index is 0.597. The smallest absolute Gasteiger partial charge is 0.0714 e. The van der Waals surface area contributed by atoms with E-state index in [4.69, 9.17) is 0 Å². The maximum absolute atomic E-state index is 2.50. The molecule has 0 atom stereocenters. The second kappa shape index (κ2) is 20.2. The van der Waals surface area contributed by atoms with Crippen molar-refractivity contribution >= 4 is 77.5 Å². The lowest BCUT2D eigenvalue weighted by Gasteiger charge is -2.35. The molecule has 0 amide bonds. The van der Waals surface area contributed by atoms with Crippen molar-refractivity contribution in [3.05, 3.63) is 356 Å². The fourth-order valence-electron chi connectivity index (χ4n) is 13.6. The van der Waals surface area contributed by atoms with Crippen molar-refractivity contribution in [2.75, 3.05) is 9.80 Å². The normalized spacial score (nSPS) is 12.4. The highest BCUT2D eigenvalue weighted by Crippen LogP contribution is 2.58. The maximum Gasteiger partial charge on any atom is 0.0714 e. The van der Waals surface area contributed by atoms with Crippen molar-refractivity contribution in [3.63, 3.8) is 0 Å². The van der Waals surface area contributed by atoms with Gasteiger partial charge in [-0.1, -0.05) is 243 Å². The lowest BCUT2D eigenvalue weighted by molar-refractivity contribution is 0.768. The molecule has 0 bridgehead atoms. The van der Waals surface area contributed by atoms with Gasteiger partial charge in [-0.05, 0) is 168 Å². The van der Waals surface area contributed by atoms with Gasteiger partial charge in [-0.15, -0.1) is 0 Å². The molecule has 0 radical (unpaired) electrons. The van der Waals surface area contributed by atoms with Crippen molar-refractivity contribution in [2.24, 2.45) is 0 Å². The van der Waals surface area contributed by atoms with Gasteiger partial charge < -0.3 is 14.4 Å². The summed E-state index contributed by atoms with van der Waals surface area (Å²) in [5.74, 6) is 0. The summed E-state index contributed by atoms with van der Waals surface area (Å²) >= 11 is 0. The summed E-state index contributed by atoms with van der Waals surface area (Å²) in [5.41, 5.74) is 21.2. The molecule has 14 aromatic carbocycles. The molecule has 84 heavy (non-hydrogen) atoms. The zero-order valence-corrected chi connectivity index (χ0v) is 46.1. The molecule has 0 unspecified atom stereocenters. The lowest BCUT2D eigenvalue weighted by Crippen LogP contribution is -2.28. The van der Waals surface area contributed by atoms with E-state index in [0.29, 0.717) is 0 Å². The molecule has 16 rings (SSSR count). The van der Waals surface area contributed by atoms with Gasteiger partial charge in [-0.2, -0.15) is 0 Å². The predicted molar refractivity (Wildman–Crippen MR) is 353 cm³/mol. The first-order valence-corrected chi connectivity index (χ1v) is 29.0. The van der Waals surface area contributed by atoms with Crippen LogP contribution in [0.3, 0.4) is 0 Å². The second-order valence-electron chi connectivity index (χ2n) is 22.0. The third kappa shape index (κ3) is 8.04. The average Bonchev–Trinajstić information content (AvgIpc) is 1.66. The van der Waals surface area contributed by atoms with Crippen molar-refractivity contribution < 1.29 is 0 Å². The molecule has 1 aliphatic rings. The number of nitrogens with zero attached hydrogens (tertiary/aromatic N) is 3. The molecule has 0 aliphatic heterocycles. The minimum atomic E-state index is -0.597. The second-order valence-corrected chi connectivity index (χ2v) is 22.0. The van der Waals surface area contributed by atoms with E-state index in [2.05, 4.69) is 348 Å². The molecular weight excluding hydrogens is 1010 g/mol. The number of para-hydroxylation sites is 2. The number of fused-ring (bicyclic) bond motifs is 9.